The maximum absolute atomic E-state index is 12.6. The van der Waals surface area contributed by atoms with Gasteiger partial charge in [-0.1, -0.05) is 24.3 Å². The van der Waals surface area contributed by atoms with Gasteiger partial charge < -0.3 is 36.8 Å². The van der Waals surface area contributed by atoms with Crippen LogP contribution in [0.2, 0.25) is 0 Å². The Kier molecular flexibility index (Phi) is 9.93. The Hall–Kier alpha value is -4.97. The van der Waals surface area contributed by atoms with Gasteiger partial charge >= 0.3 is 12.0 Å². The molecule has 12 nitrogen and oxygen atoms in total. The summed E-state index contributed by atoms with van der Waals surface area (Å²) in [4.78, 5) is 52.0. The topological polar surface area (TPSA) is 185 Å². The molecule has 1 atom stereocenters. The number of anilines is 3. The van der Waals surface area contributed by atoms with Crippen molar-refractivity contribution in [2.24, 2.45) is 5.73 Å². The predicted molar refractivity (Wildman–Crippen MR) is 146 cm³/mol. The summed E-state index contributed by atoms with van der Waals surface area (Å²) in [6.07, 6.45) is 1.02. The van der Waals surface area contributed by atoms with Crippen molar-refractivity contribution in [3.8, 4) is 5.75 Å². The molecule has 0 saturated heterocycles. The summed E-state index contributed by atoms with van der Waals surface area (Å²) in [6, 6.07) is 14.2. The van der Waals surface area contributed by atoms with Crippen molar-refractivity contribution < 1.29 is 29.0 Å². The monoisotopic (exact) mass is 534 g/mol. The Bertz CT molecular complexity index is 1340. The zero-order valence-corrected chi connectivity index (χ0v) is 21.5. The molecule has 4 amide bonds. The van der Waals surface area contributed by atoms with Crippen LogP contribution in [0.1, 0.15) is 29.3 Å². The molecular weight excluding hydrogens is 504 g/mol. The number of nitrogens with two attached hydrogens (primary N) is 1. The van der Waals surface area contributed by atoms with Gasteiger partial charge in [-0.05, 0) is 48.4 Å². The van der Waals surface area contributed by atoms with Crippen molar-refractivity contribution >= 4 is 40.9 Å². The number of carboxylic acids is 1. The molecular formula is C27H30N6O6. The number of aryl methyl sites for hydroxylation is 1. The molecule has 3 rings (SSSR count). The Labute approximate surface area is 225 Å². The lowest BCUT2D eigenvalue weighted by atomic mass is 10.1. The Balaban J connectivity index is 1.61. The van der Waals surface area contributed by atoms with Crippen LogP contribution in [-0.4, -0.2) is 47.6 Å². The summed E-state index contributed by atoms with van der Waals surface area (Å²) in [7, 11) is 1.46. The van der Waals surface area contributed by atoms with Crippen LogP contribution < -0.4 is 31.7 Å². The lowest BCUT2D eigenvalue weighted by Crippen LogP contribution is -2.35. The molecule has 0 saturated carbocycles. The predicted octanol–water partition coefficient (Wildman–Crippen LogP) is 2.81. The van der Waals surface area contributed by atoms with Crippen molar-refractivity contribution in [1.29, 1.82) is 0 Å². The number of amides is 4. The van der Waals surface area contributed by atoms with E-state index < -0.39 is 23.9 Å². The van der Waals surface area contributed by atoms with Gasteiger partial charge in [0.15, 0.2) is 0 Å². The number of aliphatic carboxylic acids is 1. The zero-order chi connectivity index (χ0) is 28.4. The molecule has 1 aromatic heterocycles. The van der Waals surface area contributed by atoms with Gasteiger partial charge in [-0.2, -0.15) is 0 Å². The number of pyridine rings is 1. The first-order valence-electron chi connectivity index (χ1n) is 12.0. The lowest BCUT2D eigenvalue weighted by Gasteiger charge is -2.16. The molecule has 0 radical (unpaired) electrons. The number of hydrogen-bond acceptors (Lipinski definition) is 7. The van der Waals surface area contributed by atoms with Crippen molar-refractivity contribution in [1.82, 2.24) is 10.3 Å². The van der Waals surface area contributed by atoms with Crippen LogP contribution in [0.4, 0.5) is 21.9 Å². The van der Waals surface area contributed by atoms with Gasteiger partial charge in [-0.15, -0.1) is 0 Å². The summed E-state index contributed by atoms with van der Waals surface area (Å²) in [5, 5.41) is 19.9. The van der Waals surface area contributed by atoms with Crippen LogP contribution >= 0.6 is 0 Å². The number of ether oxygens (including phenoxy) is 1. The Morgan fingerprint density at radius 3 is 2.36 bits per heavy atom. The highest BCUT2D eigenvalue weighted by molar-refractivity contribution is 6.01. The van der Waals surface area contributed by atoms with Gasteiger partial charge in [-0.25, -0.2) is 4.79 Å². The number of carbonyl (C=O) groups excluding carboxylic acids is 3. The minimum Gasteiger partial charge on any atom is -0.495 e. The van der Waals surface area contributed by atoms with Crippen LogP contribution in [0.3, 0.4) is 0 Å². The number of nitrogens with zero attached hydrogens (tertiary/aromatic N) is 1. The minimum atomic E-state index is -1.11. The SMILES string of the molecule is COc1cc(CC(=O)Nc2ccc(C(CC(=O)O)NC(=O)CN)nc2)ccc1NC(=O)Nc1ccccc1C. The van der Waals surface area contributed by atoms with E-state index in [1.54, 1.807) is 30.3 Å². The standard InChI is InChI=1S/C27H30N6O6/c1-16-5-3-4-6-19(16)32-27(38)33-21-9-7-17(11-23(21)39-2)12-24(34)30-18-8-10-20(29-15-18)22(13-26(36)37)31-25(35)14-28/h3-11,15,22H,12-14,28H2,1-2H3,(H,30,34)(H,31,35)(H,36,37)(H2,32,33,38). The number of rotatable bonds is 11. The van der Waals surface area contributed by atoms with Crippen molar-refractivity contribution in [3.63, 3.8) is 0 Å². The highest BCUT2D eigenvalue weighted by atomic mass is 16.5. The van der Waals surface area contributed by atoms with Gasteiger partial charge in [-0.3, -0.25) is 19.4 Å². The van der Waals surface area contributed by atoms with E-state index in [1.807, 2.05) is 25.1 Å². The third-order valence-electron chi connectivity index (χ3n) is 5.60. The summed E-state index contributed by atoms with van der Waals surface area (Å²) >= 11 is 0. The van der Waals surface area contributed by atoms with Gasteiger partial charge in [0.25, 0.3) is 0 Å². The number of aromatic nitrogens is 1. The second-order valence-electron chi connectivity index (χ2n) is 8.55. The van der Waals surface area contributed by atoms with E-state index in [0.717, 1.165) is 5.56 Å². The van der Waals surface area contributed by atoms with Gasteiger partial charge in [0, 0.05) is 5.69 Å². The molecule has 204 valence electrons. The van der Waals surface area contributed by atoms with E-state index >= 15 is 0 Å². The molecule has 0 spiro atoms. The highest BCUT2D eigenvalue weighted by Gasteiger charge is 2.19. The van der Waals surface area contributed by atoms with E-state index in [1.165, 1.54) is 19.4 Å². The maximum atomic E-state index is 12.6. The minimum absolute atomic E-state index is 0.0159. The quantitative estimate of drug-likeness (QED) is 0.217. The molecule has 7 N–H and O–H groups in total. The number of methoxy groups -OCH3 is 1. The number of nitrogens with one attached hydrogen (secondary N) is 4. The largest absolute Gasteiger partial charge is 0.495 e. The molecule has 0 fully saturated rings. The normalized spacial score (nSPS) is 11.2. The first kappa shape index (κ1) is 28.6. The van der Waals surface area contributed by atoms with E-state index in [9.17, 15) is 19.2 Å². The van der Waals surface area contributed by atoms with Crippen LogP contribution in [0.5, 0.6) is 5.75 Å². The highest BCUT2D eigenvalue weighted by Crippen LogP contribution is 2.26. The van der Waals surface area contributed by atoms with Crippen LogP contribution in [0, 0.1) is 6.92 Å². The zero-order valence-electron chi connectivity index (χ0n) is 21.5. The van der Waals surface area contributed by atoms with E-state index in [-0.39, 0.29) is 25.3 Å². The number of para-hydroxylation sites is 1. The van der Waals surface area contributed by atoms with Gasteiger partial charge in [0.1, 0.15) is 5.75 Å². The van der Waals surface area contributed by atoms with Gasteiger partial charge in [0.05, 0.1) is 55.8 Å². The maximum Gasteiger partial charge on any atom is 0.323 e. The summed E-state index contributed by atoms with van der Waals surface area (Å²) in [5.74, 6) is -1.57. The fraction of sp³-hybridized carbons (Fsp3) is 0.222. The summed E-state index contributed by atoms with van der Waals surface area (Å²) in [5.41, 5.74) is 8.68. The molecule has 0 bridgehead atoms. The fourth-order valence-electron chi connectivity index (χ4n) is 3.67. The van der Waals surface area contributed by atoms with E-state index in [4.69, 9.17) is 15.6 Å². The van der Waals surface area contributed by atoms with E-state index in [2.05, 4.69) is 26.3 Å². The molecule has 2 aromatic carbocycles. The number of urea groups is 1. The second kappa shape index (κ2) is 13.5. The summed E-state index contributed by atoms with van der Waals surface area (Å²) in [6.45, 7) is 1.60. The third-order valence-corrected chi connectivity index (χ3v) is 5.60. The first-order valence-corrected chi connectivity index (χ1v) is 12.0. The van der Waals surface area contributed by atoms with Crippen LogP contribution in [0.25, 0.3) is 0 Å². The average molecular weight is 535 g/mol. The molecule has 39 heavy (non-hydrogen) atoms. The Morgan fingerprint density at radius 1 is 0.974 bits per heavy atom. The number of hydrogen-bond donors (Lipinski definition) is 6. The molecule has 0 aliphatic heterocycles. The van der Waals surface area contributed by atoms with Crippen molar-refractivity contribution in [2.75, 3.05) is 29.6 Å². The van der Waals surface area contributed by atoms with Crippen molar-refractivity contribution in [3.05, 3.63) is 77.6 Å². The number of benzene rings is 2. The average Bonchev–Trinajstić information content (AvgIpc) is 2.90. The second-order valence-corrected chi connectivity index (χ2v) is 8.55. The van der Waals surface area contributed by atoms with Gasteiger partial charge in [0.2, 0.25) is 11.8 Å². The molecule has 3 aromatic rings. The summed E-state index contributed by atoms with van der Waals surface area (Å²) < 4.78 is 5.40. The van der Waals surface area contributed by atoms with Crippen LogP contribution in [-0.2, 0) is 20.8 Å². The molecule has 1 unspecified atom stereocenters. The molecule has 1 heterocycles. The lowest BCUT2D eigenvalue weighted by molar-refractivity contribution is -0.137. The van der Waals surface area contributed by atoms with Crippen LogP contribution in [0.15, 0.2) is 60.8 Å². The van der Waals surface area contributed by atoms with Crippen molar-refractivity contribution in [2.45, 2.75) is 25.8 Å². The molecule has 0 aliphatic carbocycles. The number of carboxylic acid groups (broad SMARTS) is 1. The third kappa shape index (κ3) is 8.54. The first-order chi connectivity index (χ1) is 18.7. The smallest absolute Gasteiger partial charge is 0.323 e. The fourth-order valence-corrected chi connectivity index (χ4v) is 3.67. The van der Waals surface area contributed by atoms with E-state index in [0.29, 0.717) is 34.1 Å². The number of carbonyl (C=O) groups is 4. The Morgan fingerprint density at radius 2 is 1.72 bits per heavy atom. The molecule has 12 heteroatoms. The molecule has 0 aliphatic rings.